The van der Waals surface area contributed by atoms with Gasteiger partial charge in [0.05, 0.1) is 0 Å². The summed E-state index contributed by atoms with van der Waals surface area (Å²) in [5.41, 5.74) is 9.25. The standard InChI is InChI=1S/C15H19N3/c1-11-4-7-14(8-5-11)18(3)15-9-6-13(10-17-15)12(2)16/h4-10,12H,16H2,1-3H3/t12-/m0/s1. The highest BCUT2D eigenvalue weighted by Gasteiger charge is 2.06. The Hall–Kier alpha value is -1.87. The van der Waals surface area contributed by atoms with E-state index in [1.165, 1.54) is 5.56 Å². The maximum Gasteiger partial charge on any atom is 0.132 e. The van der Waals surface area contributed by atoms with Crippen LogP contribution in [0.2, 0.25) is 0 Å². The first kappa shape index (κ1) is 12.6. The van der Waals surface area contributed by atoms with Crippen molar-refractivity contribution in [3.8, 4) is 0 Å². The molecule has 3 heteroatoms. The van der Waals surface area contributed by atoms with Crippen molar-refractivity contribution < 1.29 is 0 Å². The lowest BCUT2D eigenvalue weighted by molar-refractivity contribution is 0.811. The van der Waals surface area contributed by atoms with Crippen LogP contribution in [-0.4, -0.2) is 12.0 Å². The van der Waals surface area contributed by atoms with E-state index in [0.29, 0.717) is 0 Å². The third kappa shape index (κ3) is 2.68. The van der Waals surface area contributed by atoms with E-state index in [-0.39, 0.29) is 6.04 Å². The molecule has 0 saturated carbocycles. The molecule has 2 rings (SSSR count). The quantitative estimate of drug-likeness (QED) is 0.897. The van der Waals surface area contributed by atoms with E-state index >= 15 is 0 Å². The van der Waals surface area contributed by atoms with E-state index in [1.54, 1.807) is 0 Å². The first-order chi connectivity index (χ1) is 8.58. The second kappa shape index (κ2) is 5.19. The highest BCUT2D eigenvalue weighted by atomic mass is 15.2. The van der Waals surface area contributed by atoms with Crippen molar-refractivity contribution >= 4 is 11.5 Å². The maximum atomic E-state index is 5.81. The van der Waals surface area contributed by atoms with Crippen LogP contribution >= 0.6 is 0 Å². The molecule has 0 unspecified atom stereocenters. The SMILES string of the molecule is Cc1ccc(N(C)c2ccc([C@H](C)N)cn2)cc1. The number of pyridine rings is 1. The Morgan fingerprint density at radius 2 is 1.78 bits per heavy atom. The highest BCUT2D eigenvalue weighted by Crippen LogP contribution is 2.22. The average molecular weight is 241 g/mol. The second-order valence-corrected chi connectivity index (χ2v) is 4.63. The van der Waals surface area contributed by atoms with Crippen molar-refractivity contribution in [2.45, 2.75) is 19.9 Å². The molecule has 94 valence electrons. The van der Waals surface area contributed by atoms with Crippen LogP contribution in [0, 0.1) is 6.92 Å². The van der Waals surface area contributed by atoms with E-state index in [1.807, 2.05) is 32.3 Å². The summed E-state index contributed by atoms with van der Waals surface area (Å²) in [6.45, 7) is 4.04. The van der Waals surface area contributed by atoms with Crippen LogP contribution in [0.4, 0.5) is 11.5 Å². The Kier molecular flexibility index (Phi) is 3.63. The maximum absolute atomic E-state index is 5.81. The summed E-state index contributed by atoms with van der Waals surface area (Å²) in [4.78, 5) is 6.50. The number of nitrogens with zero attached hydrogens (tertiary/aromatic N) is 2. The van der Waals surface area contributed by atoms with Gasteiger partial charge in [0.15, 0.2) is 0 Å². The number of hydrogen-bond acceptors (Lipinski definition) is 3. The normalized spacial score (nSPS) is 12.2. The largest absolute Gasteiger partial charge is 0.329 e. The summed E-state index contributed by atoms with van der Waals surface area (Å²) in [5.74, 6) is 0.920. The lowest BCUT2D eigenvalue weighted by Crippen LogP contribution is -2.12. The molecule has 1 atom stereocenters. The lowest BCUT2D eigenvalue weighted by atomic mass is 10.1. The molecule has 1 aromatic carbocycles. The summed E-state index contributed by atoms with van der Waals surface area (Å²) in [6.07, 6.45) is 1.84. The Bertz CT molecular complexity index is 500. The predicted octanol–water partition coefficient (Wildman–Crippen LogP) is 3.18. The van der Waals surface area contributed by atoms with Crippen LogP contribution in [0.5, 0.6) is 0 Å². The molecule has 2 N–H and O–H groups in total. The second-order valence-electron chi connectivity index (χ2n) is 4.63. The summed E-state index contributed by atoms with van der Waals surface area (Å²) >= 11 is 0. The zero-order chi connectivity index (χ0) is 13.1. The number of rotatable bonds is 3. The Morgan fingerprint density at radius 1 is 1.11 bits per heavy atom. The number of aromatic nitrogens is 1. The van der Waals surface area contributed by atoms with Gasteiger partial charge in [0, 0.05) is 25.0 Å². The Morgan fingerprint density at radius 3 is 2.28 bits per heavy atom. The minimum absolute atomic E-state index is 0.0243. The molecule has 0 saturated heterocycles. The van der Waals surface area contributed by atoms with Crippen LogP contribution in [0.25, 0.3) is 0 Å². The number of anilines is 2. The molecule has 0 radical (unpaired) electrons. The van der Waals surface area contributed by atoms with Crippen LogP contribution in [0.15, 0.2) is 42.6 Å². The number of nitrogens with two attached hydrogens (primary N) is 1. The van der Waals surface area contributed by atoms with E-state index in [4.69, 9.17) is 5.73 Å². The molecule has 0 aliphatic rings. The third-order valence-electron chi connectivity index (χ3n) is 3.06. The van der Waals surface area contributed by atoms with Crippen molar-refractivity contribution in [3.63, 3.8) is 0 Å². The number of benzene rings is 1. The molecule has 0 bridgehead atoms. The number of aryl methyl sites for hydroxylation is 1. The molecule has 3 nitrogen and oxygen atoms in total. The minimum atomic E-state index is 0.0243. The van der Waals surface area contributed by atoms with Gasteiger partial charge in [-0.1, -0.05) is 23.8 Å². The smallest absolute Gasteiger partial charge is 0.132 e. The summed E-state index contributed by atoms with van der Waals surface area (Å²) in [5, 5.41) is 0. The van der Waals surface area contributed by atoms with Gasteiger partial charge in [-0.3, -0.25) is 0 Å². The fourth-order valence-corrected chi connectivity index (χ4v) is 1.77. The molecule has 1 aromatic heterocycles. The molecule has 2 aromatic rings. The lowest BCUT2D eigenvalue weighted by Gasteiger charge is -2.19. The fourth-order valence-electron chi connectivity index (χ4n) is 1.77. The molecule has 0 spiro atoms. The minimum Gasteiger partial charge on any atom is -0.329 e. The topological polar surface area (TPSA) is 42.1 Å². The van der Waals surface area contributed by atoms with Gasteiger partial charge < -0.3 is 10.6 Å². The van der Waals surface area contributed by atoms with Crippen LogP contribution in [-0.2, 0) is 0 Å². The molecule has 1 heterocycles. The Labute approximate surface area is 108 Å². The van der Waals surface area contributed by atoms with Gasteiger partial charge in [-0.05, 0) is 37.6 Å². The van der Waals surface area contributed by atoms with Crippen LogP contribution < -0.4 is 10.6 Å². The zero-order valence-electron chi connectivity index (χ0n) is 11.1. The monoisotopic (exact) mass is 241 g/mol. The average Bonchev–Trinajstić information content (AvgIpc) is 2.39. The molecule has 0 aliphatic carbocycles. The Balaban J connectivity index is 2.23. The van der Waals surface area contributed by atoms with Gasteiger partial charge in [0.2, 0.25) is 0 Å². The van der Waals surface area contributed by atoms with E-state index < -0.39 is 0 Å². The van der Waals surface area contributed by atoms with Crippen LogP contribution in [0.1, 0.15) is 24.1 Å². The number of hydrogen-bond donors (Lipinski definition) is 1. The molecular formula is C15H19N3. The summed E-state index contributed by atoms with van der Waals surface area (Å²) < 4.78 is 0. The highest BCUT2D eigenvalue weighted by molar-refractivity contribution is 5.59. The van der Waals surface area contributed by atoms with E-state index in [9.17, 15) is 0 Å². The molecule has 0 amide bonds. The third-order valence-corrected chi connectivity index (χ3v) is 3.06. The predicted molar refractivity (Wildman–Crippen MR) is 76.1 cm³/mol. The molecule has 0 fully saturated rings. The van der Waals surface area contributed by atoms with Gasteiger partial charge >= 0.3 is 0 Å². The van der Waals surface area contributed by atoms with Crippen molar-refractivity contribution in [1.29, 1.82) is 0 Å². The molecular weight excluding hydrogens is 222 g/mol. The van der Waals surface area contributed by atoms with Crippen LogP contribution in [0.3, 0.4) is 0 Å². The van der Waals surface area contributed by atoms with Gasteiger partial charge in [-0.2, -0.15) is 0 Å². The zero-order valence-corrected chi connectivity index (χ0v) is 11.1. The molecule has 18 heavy (non-hydrogen) atoms. The van der Waals surface area contributed by atoms with Crippen molar-refractivity contribution in [1.82, 2.24) is 4.98 Å². The van der Waals surface area contributed by atoms with E-state index in [2.05, 4.69) is 41.1 Å². The van der Waals surface area contributed by atoms with Crippen molar-refractivity contribution in [3.05, 3.63) is 53.7 Å². The van der Waals surface area contributed by atoms with Gasteiger partial charge in [0.25, 0.3) is 0 Å². The summed E-state index contributed by atoms with van der Waals surface area (Å²) in [6, 6.07) is 12.4. The first-order valence-electron chi connectivity index (χ1n) is 6.10. The van der Waals surface area contributed by atoms with E-state index in [0.717, 1.165) is 17.1 Å². The summed E-state index contributed by atoms with van der Waals surface area (Å²) in [7, 11) is 2.01. The first-order valence-corrected chi connectivity index (χ1v) is 6.10. The van der Waals surface area contributed by atoms with Crippen molar-refractivity contribution in [2.75, 3.05) is 11.9 Å². The molecule has 0 aliphatic heterocycles. The van der Waals surface area contributed by atoms with Gasteiger partial charge in [0.1, 0.15) is 5.82 Å². The fraction of sp³-hybridized carbons (Fsp3) is 0.267. The van der Waals surface area contributed by atoms with Gasteiger partial charge in [-0.25, -0.2) is 4.98 Å². The van der Waals surface area contributed by atoms with Crippen molar-refractivity contribution in [2.24, 2.45) is 5.73 Å². The van der Waals surface area contributed by atoms with Gasteiger partial charge in [-0.15, -0.1) is 0 Å².